The van der Waals surface area contributed by atoms with Gasteiger partial charge >= 0.3 is 0 Å². The number of ether oxygens (including phenoxy) is 1. The first kappa shape index (κ1) is 16.2. The average Bonchev–Trinajstić information content (AvgIpc) is 2.82. The molecule has 2 rings (SSSR count). The zero-order valence-corrected chi connectivity index (χ0v) is 14.5. The molecule has 0 aliphatic rings. The molecule has 114 valence electrons. The zero-order valence-electron chi connectivity index (χ0n) is 12.4. The van der Waals surface area contributed by atoms with Crippen molar-refractivity contribution in [2.75, 3.05) is 13.7 Å². The number of hydrogen-bond donors (Lipinski definition) is 1. The Morgan fingerprint density at radius 1 is 1.48 bits per heavy atom. The third-order valence-corrected chi connectivity index (χ3v) is 4.25. The van der Waals surface area contributed by atoms with Gasteiger partial charge in [0.25, 0.3) is 0 Å². The molecule has 1 aromatic heterocycles. The number of aryl methyl sites for hydroxylation is 1. The minimum Gasteiger partial charge on any atom is -0.493 e. The van der Waals surface area contributed by atoms with Crippen LogP contribution in [0.2, 0.25) is 0 Å². The van der Waals surface area contributed by atoms with Crippen molar-refractivity contribution in [3.63, 3.8) is 0 Å². The molecule has 0 bridgehead atoms. The fraction of sp³-hybridized carbons (Fsp3) is 0.400. The zero-order chi connectivity index (χ0) is 15.4. The first-order chi connectivity index (χ1) is 10.1. The maximum Gasteiger partial charge on any atom is 0.161 e. The van der Waals surface area contributed by atoms with Crippen molar-refractivity contribution >= 4 is 22.6 Å². The van der Waals surface area contributed by atoms with E-state index in [-0.39, 0.29) is 11.9 Å². The topological polar surface area (TPSA) is 39.1 Å². The monoisotopic (exact) mass is 403 g/mol. The summed E-state index contributed by atoms with van der Waals surface area (Å²) >= 11 is 2.16. The van der Waals surface area contributed by atoms with Crippen molar-refractivity contribution in [1.29, 1.82) is 0 Å². The fourth-order valence-electron chi connectivity index (χ4n) is 2.29. The van der Waals surface area contributed by atoms with Gasteiger partial charge in [0.05, 0.1) is 19.3 Å². The van der Waals surface area contributed by atoms with E-state index in [1.807, 2.05) is 13.1 Å². The first-order valence-electron chi connectivity index (χ1n) is 6.82. The van der Waals surface area contributed by atoms with Crippen LogP contribution in [0.1, 0.15) is 30.6 Å². The second-order valence-electron chi connectivity index (χ2n) is 4.77. The quantitative estimate of drug-likeness (QED) is 0.753. The Balaban J connectivity index is 2.49. The lowest BCUT2D eigenvalue weighted by Gasteiger charge is -2.21. The molecule has 0 aliphatic carbocycles. The lowest BCUT2D eigenvalue weighted by molar-refractivity contribution is 0.400. The molecule has 6 heteroatoms. The van der Waals surface area contributed by atoms with Crippen molar-refractivity contribution in [3.05, 3.63) is 45.0 Å². The van der Waals surface area contributed by atoms with Crippen molar-refractivity contribution < 1.29 is 9.13 Å². The fourth-order valence-corrected chi connectivity index (χ4v) is 3.08. The predicted molar refractivity (Wildman–Crippen MR) is 89.0 cm³/mol. The Bertz CT molecular complexity index is 615. The highest BCUT2D eigenvalue weighted by molar-refractivity contribution is 14.1. The second-order valence-corrected chi connectivity index (χ2v) is 5.94. The molecule has 4 nitrogen and oxygen atoms in total. The molecule has 2 aromatic rings. The highest BCUT2D eigenvalue weighted by Crippen LogP contribution is 2.32. The van der Waals surface area contributed by atoms with Gasteiger partial charge in [0.1, 0.15) is 11.5 Å². The molecular weight excluding hydrogens is 384 g/mol. The molecule has 0 amide bonds. The third kappa shape index (κ3) is 3.55. The lowest BCUT2D eigenvalue weighted by atomic mass is 10.0. The summed E-state index contributed by atoms with van der Waals surface area (Å²) in [5, 5.41) is 7.76. The molecule has 0 fully saturated rings. The van der Waals surface area contributed by atoms with Crippen LogP contribution in [-0.2, 0) is 7.05 Å². The second kappa shape index (κ2) is 7.22. The summed E-state index contributed by atoms with van der Waals surface area (Å²) in [6.07, 6.45) is 2.71. The van der Waals surface area contributed by atoms with Crippen LogP contribution >= 0.6 is 22.6 Å². The first-order valence-corrected chi connectivity index (χ1v) is 7.90. The molecule has 1 N–H and O–H groups in total. The van der Waals surface area contributed by atoms with Crippen LogP contribution < -0.4 is 10.1 Å². The summed E-state index contributed by atoms with van der Waals surface area (Å²) in [6.45, 7) is 2.96. The Morgan fingerprint density at radius 2 is 2.24 bits per heavy atom. The molecule has 1 atom stereocenters. The van der Waals surface area contributed by atoms with E-state index in [1.54, 1.807) is 24.1 Å². The average molecular weight is 403 g/mol. The highest BCUT2D eigenvalue weighted by Gasteiger charge is 2.23. The van der Waals surface area contributed by atoms with E-state index < -0.39 is 0 Å². The Labute approximate surface area is 137 Å². The van der Waals surface area contributed by atoms with Crippen LogP contribution in [0.3, 0.4) is 0 Å². The molecule has 1 unspecified atom stereocenters. The van der Waals surface area contributed by atoms with Crippen LogP contribution in [-0.4, -0.2) is 23.4 Å². The Morgan fingerprint density at radius 3 is 2.86 bits per heavy atom. The number of nitrogens with zero attached hydrogens (tertiary/aromatic N) is 2. The molecule has 0 spiro atoms. The van der Waals surface area contributed by atoms with Crippen LogP contribution in [0.15, 0.2) is 24.4 Å². The molecule has 0 radical (unpaired) electrons. The van der Waals surface area contributed by atoms with Crippen LogP contribution in [0.5, 0.6) is 5.75 Å². The van der Waals surface area contributed by atoms with E-state index in [9.17, 15) is 4.39 Å². The number of methoxy groups -OCH3 is 1. The van der Waals surface area contributed by atoms with E-state index in [0.717, 1.165) is 33.5 Å². The smallest absolute Gasteiger partial charge is 0.161 e. The normalized spacial score (nSPS) is 12.4. The van der Waals surface area contributed by atoms with Crippen molar-refractivity contribution in [2.24, 2.45) is 7.05 Å². The van der Waals surface area contributed by atoms with Crippen LogP contribution in [0.25, 0.3) is 0 Å². The summed E-state index contributed by atoms with van der Waals surface area (Å²) in [6, 6.07) is 4.76. The van der Waals surface area contributed by atoms with Gasteiger partial charge in [0.15, 0.2) is 5.75 Å². The number of halogens is 2. The number of aromatic nitrogens is 2. The van der Waals surface area contributed by atoms with E-state index in [1.165, 1.54) is 6.07 Å². The molecule has 0 saturated heterocycles. The third-order valence-electron chi connectivity index (χ3n) is 3.31. The van der Waals surface area contributed by atoms with Crippen LogP contribution in [0.4, 0.5) is 4.39 Å². The summed E-state index contributed by atoms with van der Waals surface area (Å²) in [4.78, 5) is 0. The van der Waals surface area contributed by atoms with E-state index >= 15 is 0 Å². The molecule has 0 aliphatic heterocycles. The van der Waals surface area contributed by atoms with Gasteiger partial charge in [-0.1, -0.05) is 13.0 Å². The SMILES string of the molecule is CCCNC(c1ccc(F)cc1I)c1c(OC)cnn1C. The number of rotatable bonds is 6. The summed E-state index contributed by atoms with van der Waals surface area (Å²) in [5.74, 6) is 0.501. The number of benzene rings is 1. The van der Waals surface area contributed by atoms with Crippen LogP contribution in [0, 0.1) is 9.39 Å². The maximum atomic E-state index is 13.4. The summed E-state index contributed by atoms with van der Waals surface area (Å²) in [7, 11) is 3.52. The van der Waals surface area contributed by atoms with Crippen molar-refractivity contribution in [3.8, 4) is 5.75 Å². The molecule has 1 heterocycles. The van der Waals surface area contributed by atoms with E-state index in [2.05, 4.69) is 39.9 Å². The van der Waals surface area contributed by atoms with Gasteiger partial charge < -0.3 is 10.1 Å². The predicted octanol–water partition coefficient (Wildman–Crippen LogP) is 3.26. The summed E-state index contributed by atoms with van der Waals surface area (Å²) in [5.41, 5.74) is 1.96. The van der Waals surface area contributed by atoms with Crippen molar-refractivity contribution in [1.82, 2.24) is 15.1 Å². The van der Waals surface area contributed by atoms with Gasteiger partial charge in [0, 0.05) is 10.6 Å². The van der Waals surface area contributed by atoms with Gasteiger partial charge in [-0.15, -0.1) is 0 Å². The molecule has 1 aromatic carbocycles. The van der Waals surface area contributed by atoms with Gasteiger partial charge in [-0.3, -0.25) is 4.68 Å². The Kier molecular flexibility index (Phi) is 5.58. The van der Waals surface area contributed by atoms with Crippen molar-refractivity contribution in [2.45, 2.75) is 19.4 Å². The van der Waals surface area contributed by atoms with Gasteiger partial charge in [-0.25, -0.2) is 4.39 Å². The molecule has 21 heavy (non-hydrogen) atoms. The summed E-state index contributed by atoms with van der Waals surface area (Å²) < 4.78 is 21.5. The Hall–Kier alpha value is -1.15. The van der Waals surface area contributed by atoms with E-state index in [4.69, 9.17) is 4.74 Å². The highest BCUT2D eigenvalue weighted by atomic mass is 127. The minimum absolute atomic E-state index is 0.0834. The molecular formula is C15H19FIN3O. The number of hydrogen-bond acceptors (Lipinski definition) is 3. The molecule has 0 saturated carbocycles. The van der Waals surface area contributed by atoms with Gasteiger partial charge in [-0.2, -0.15) is 5.10 Å². The lowest BCUT2D eigenvalue weighted by Crippen LogP contribution is -2.26. The maximum absolute atomic E-state index is 13.4. The minimum atomic E-state index is -0.227. The largest absolute Gasteiger partial charge is 0.493 e. The standard InChI is InChI=1S/C15H19FIN3O/c1-4-7-18-14(11-6-5-10(16)8-12(11)17)15-13(21-3)9-19-20(15)2/h5-6,8-9,14,18H,4,7H2,1-3H3. The van der Waals surface area contributed by atoms with Gasteiger partial charge in [0.2, 0.25) is 0 Å². The number of nitrogens with one attached hydrogen (secondary N) is 1. The van der Waals surface area contributed by atoms with Gasteiger partial charge in [-0.05, 0) is 53.3 Å². The van der Waals surface area contributed by atoms with E-state index in [0.29, 0.717) is 0 Å².